The quantitative estimate of drug-likeness (QED) is 0.539. The van der Waals surface area contributed by atoms with Crippen LogP contribution in [-0.4, -0.2) is 45.3 Å². The Morgan fingerprint density at radius 2 is 1.83 bits per heavy atom. The highest BCUT2D eigenvalue weighted by Crippen LogP contribution is 2.53. The number of fused-ring (bicyclic) bond motifs is 3. The van der Waals surface area contributed by atoms with Gasteiger partial charge in [0.25, 0.3) is 5.91 Å². The maximum Gasteiger partial charge on any atom is 0.255 e. The summed E-state index contributed by atoms with van der Waals surface area (Å²) in [6, 6.07) is 6.17. The van der Waals surface area contributed by atoms with E-state index in [-0.39, 0.29) is 22.9 Å². The number of piperidine rings is 1. The maximum atomic E-state index is 13.8. The lowest BCUT2D eigenvalue weighted by Crippen LogP contribution is -2.43. The number of benzene rings is 1. The maximum absolute atomic E-state index is 13.8. The second-order valence-corrected chi connectivity index (χ2v) is 15.8. The molecule has 1 fully saturated rings. The van der Waals surface area contributed by atoms with Gasteiger partial charge in [-0.1, -0.05) is 38.4 Å². The molecule has 1 amide bonds. The molecule has 1 saturated heterocycles. The first-order chi connectivity index (χ1) is 14.0. The molecule has 1 aromatic rings. The third-order valence-corrected chi connectivity index (χ3v) is 12.2. The van der Waals surface area contributed by atoms with Crippen LogP contribution in [0.2, 0.25) is 23.2 Å². The molecule has 4 rings (SSSR count). The molecule has 2 aliphatic heterocycles. The molecule has 164 valence electrons. The summed E-state index contributed by atoms with van der Waals surface area (Å²) in [5, 5.41) is 0.833. The van der Waals surface area contributed by atoms with E-state index in [2.05, 4.69) is 56.8 Å². The fourth-order valence-electron chi connectivity index (χ4n) is 4.89. The van der Waals surface area contributed by atoms with Crippen LogP contribution in [0.4, 0.5) is 5.69 Å². The van der Waals surface area contributed by atoms with E-state index in [1.807, 2.05) is 12.1 Å². The van der Waals surface area contributed by atoms with Gasteiger partial charge in [-0.15, -0.1) is 0 Å². The highest BCUT2D eigenvalue weighted by atomic mass is 35.5. The zero-order valence-corrected chi connectivity index (χ0v) is 21.0. The van der Waals surface area contributed by atoms with Gasteiger partial charge in [0, 0.05) is 43.2 Å². The van der Waals surface area contributed by atoms with E-state index in [1.165, 1.54) is 12.0 Å². The van der Waals surface area contributed by atoms with E-state index in [0.717, 1.165) is 54.4 Å². The van der Waals surface area contributed by atoms with Gasteiger partial charge in [-0.25, -0.2) is 0 Å². The van der Waals surface area contributed by atoms with E-state index < -0.39 is 8.32 Å². The Hall–Kier alpha value is -1.46. The Bertz CT molecular complexity index is 884. The number of halogens is 1. The number of amides is 1. The van der Waals surface area contributed by atoms with E-state index in [1.54, 1.807) is 0 Å². The zero-order valence-electron chi connectivity index (χ0n) is 19.2. The molecule has 0 bridgehead atoms. The van der Waals surface area contributed by atoms with Gasteiger partial charge in [0.2, 0.25) is 8.32 Å². The van der Waals surface area contributed by atoms with E-state index in [0.29, 0.717) is 0 Å². The smallest absolute Gasteiger partial charge is 0.255 e. The van der Waals surface area contributed by atoms with Crippen LogP contribution < -0.4 is 4.90 Å². The number of anilines is 1. The molecule has 2 atom stereocenters. The molecular formula is C24H35ClN2O2Si. The van der Waals surface area contributed by atoms with Crippen LogP contribution in [0.3, 0.4) is 0 Å². The van der Waals surface area contributed by atoms with Crippen LogP contribution in [0.1, 0.15) is 57.9 Å². The van der Waals surface area contributed by atoms with Crippen molar-refractivity contribution >= 4 is 31.5 Å². The highest BCUT2D eigenvalue weighted by Gasteiger charge is 2.51. The Morgan fingerprint density at radius 1 is 1.17 bits per heavy atom. The van der Waals surface area contributed by atoms with Gasteiger partial charge in [-0.2, -0.15) is 0 Å². The predicted molar refractivity (Wildman–Crippen MR) is 127 cm³/mol. The van der Waals surface area contributed by atoms with Gasteiger partial charge in [0.1, 0.15) is 0 Å². The number of carbonyl (C=O) groups excluding carboxylic acids is 1. The summed E-state index contributed by atoms with van der Waals surface area (Å²) in [6.07, 6.45) is 4.20. The molecule has 0 N–H and O–H groups in total. The van der Waals surface area contributed by atoms with Crippen molar-refractivity contribution in [2.24, 2.45) is 0 Å². The van der Waals surface area contributed by atoms with Gasteiger partial charge < -0.3 is 14.2 Å². The molecular weight excluding hydrogens is 412 g/mol. The van der Waals surface area contributed by atoms with Crippen LogP contribution in [0.5, 0.6) is 0 Å². The molecule has 0 radical (unpaired) electrons. The fraction of sp³-hybridized carbons (Fsp3) is 0.625. The summed E-state index contributed by atoms with van der Waals surface area (Å²) in [5.41, 5.74) is 3.32. The van der Waals surface area contributed by atoms with E-state index >= 15 is 0 Å². The first-order valence-corrected chi connectivity index (χ1v) is 14.5. The van der Waals surface area contributed by atoms with E-state index in [4.69, 9.17) is 16.0 Å². The fourth-order valence-corrected chi connectivity index (χ4v) is 6.17. The summed E-state index contributed by atoms with van der Waals surface area (Å²) in [4.78, 5) is 18.1. The molecule has 1 aromatic carbocycles. The Morgan fingerprint density at radius 3 is 2.47 bits per heavy atom. The SMILES string of the molecule is CN1c2cc(Cl)ccc2[C@@H]2CC(O[Si](C)(C)C(C)(C)C)=C(C(=O)N3CCCCC3)[C@@H]21. The predicted octanol–water partition coefficient (Wildman–Crippen LogP) is 5.93. The summed E-state index contributed by atoms with van der Waals surface area (Å²) < 4.78 is 6.83. The van der Waals surface area contributed by atoms with Gasteiger partial charge in [-0.3, -0.25) is 4.79 Å². The second-order valence-electron chi connectivity index (χ2n) is 10.6. The standard InChI is InChI=1S/C24H35ClN2O2Si/c1-24(2,3)30(5,6)29-20-15-18-17-11-10-16(25)14-19(17)26(4)22(18)21(20)23(28)27-12-8-7-9-13-27/h10-11,14,18,22H,7-9,12-13,15H2,1-6H3/t18-,22+/m0/s1. The highest BCUT2D eigenvalue weighted by molar-refractivity contribution is 6.74. The average molecular weight is 447 g/mol. The van der Waals surface area contributed by atoms with Crippen LogP contribution in [0.25, 0.3) is 0 Å². The molecule has 1 aliphatic carbocycles. The third kappa shape index (κ3) is 3.58. The van der Waals surface area contributed by atoms with Crippen LogP contribution in [0.15, 0.2) is 29.5 Å². The van der Waals surface area contributed by atoms with Crippen molar-refractivity contribution in [3.05, 3.63) is 40.1 Å². The molecule has 30 heavy (non-hydrogen) atoms. The monoisotopic (exact) mass is 446 g/mol. The summed E-state index contributed by atoms with van der Waals surface area (Å²) in [5.74, 6) is 1.38. The van der Waals surface area contributed by atoms with Gasteiger partial charge in [0.15, 0.2) is 0 Å². The van der Waals surface area contributed by atoms with Crippen LogP contribution >= 0.6 is 11.6 Å². The van der Waals surface area contributed by atoms with Crippen molar-refractivity contribution in [2.75, 3.05) is 25.0 Å². The van der Waals surface area contributed by atoms with Crippen molar-refractivity contribution in [1.82, 2.24) is 4.90 Å². The number of nitrogens with zero attached hydrogens (tertiary/aromatic N) is 2. The number of carbonyl (C=O) groups is 1. The molecule has 2 heterocycles. The minimum atomic E-state index is -2.05. The van der Waals surface area contributed by atoms with Crippen molar-refractivity contribution in [3.63, 3.8) is 0 Å². The van der Waals surface area contributed by atoms with Crippen molar-refractivity contribution in [1.29, 1.82) is 0 Å². The second kappa shape index (κ2) is 7.59. The number of allylic oxidation sites excluding steroid dienone is 1. The largest absolute Gasteiger partial charge is 0.546 e. The molecule has 0 unspecified atom stereocenters. The Kier molecular flexibility index (Phi) is 5.51. The number of rotatable bonds is 3. The number of hydrogen-bond donors (Lipinski definition) is 0. The minimum Gasteiger partial charge on any atom is -0.546 e. The molecule has 0 spiro atoms. The first kappa shape index (κ1) is 21.8. The topological polar surface area (TPSA) is 32.8 Å². The summed E-state index contributed by atoms with van der Waals surface area (Å²) in [6.45, 7) is 13.0. The van der Waals surface area contributed by atoms with E-state index in [9.17, 15) is 4.79 Å². The normalized spacial score (nSPS) is 24.2. The van der Waals surface area contributed by atoms with Gasteiger partial charge in [0.05, 0.1) is 17.4 Å². The molecule has 0 saturated carbocycles. The lowest BCUT2D eigenvalue weighted by Gasteiger charge is -2.38. The van der Waals surface area contributed by atoms with Gasteiger partial charge in [-0.05, 0) is 55.1 Å². The lowest BCUT2D eigenvalue weighted by atomic mass is 9.94. The third-order valence-electron chi connectivity index (χ3n) is 7.63. The van der Waals surface area contributed by atoms with Crippen molar-refractivity contribution in [2.45, 2.75) is 76.5 Å². The lowest BCUT2D eigenvalue weighted by molar-refractivity contribution is -0.128. The van der Waals surface area contributed by atoms with Crippen LogP contribution in [-0.2, 0) is 9.22 Å². The Balaban J connectivity index is 1.75. The minimum absolute atomic E-state index is 0.0349. The summed E-state index contributed by atoms with van der Waals surface area (Å²) in [7, 11) is 0.0501. The molecule has 3 aliphatic rings. The number of hydrogen-bond acceptors (Lipinski definition) is 3. The van der Waals surface area contributed by atoms with Crippen LogP contribution in [0, 0.1) is 0 Å². The van der Waals surface area contributed by atoms with Crippen molar-refractivity contribution < 1.29 is 9.22 Å². The summed E-state index contributed by atoms with van der Waals surface area (Å²) >= 11 is 6.30. The number of likely N-dealkylation sites (N-methyl/N-ethyl adjacent to an activating group) is 1. The average Bonchev–Trinajstić information content (AvgIpc) is 3.16. The molecule has 6 heteroatoms. The van der Waals surface area contributed by atoms with Crippen molar-refractivity contribution in [3.8, 4) is 0 Å². The molecule has 0 aromatic heterocycles. The zero-order chi connectivity index (χ0) is 21.8. The van der Waals surface area contributed by atoms with Gasteiger partial charge >= 0.3 is 0 Å². The Labute approximate surface area is 187 Å². The first-order valence-electron chi connectivity index (χ1n) is 11.2. The molecule has 4 nitrogen and oxygen atoms in total. The number of likely N-dealkylation sites (tertiary alicyclic amines) is 1.